The van der Waals surface area contributed by atoms with Gasteiger partial charge in [-0.25, -0.2) is 0 Å². The molecule has 0 bridgehead atoms. The van der Waals surface area contributed by atoms with E-state index >= 15 is 0 Å². The van der Waals surface area contributed by atoms with Gasteiger partial charge in [-0.1, -0.05) is 6.42 Å². The zero-order valence-electron chi connectivity index (χ0n) is 9.40. The second-order valence-electron chi connectivity index (χ2n) is 3.93. The molecule has 1 saturated heterocycles. The van der Waals surface area contributed by atoms with E-state index in [1.54, 1.807) is 19.2 Å². The molecule has 0 radical (unpaired) electrons. The van der Waals surface area contributed by atoms with E-state index < -0.39 is 0 Å². The van der Waals surface area contributed by atoms with Crippen molar-refractivity contribution in [1.82, 2.24) is 5.32 Å². The zero-order chi connectivity index (χ0) is 10.7. The quantitative estimate of drug-likeness (QED) is 0.839. The maximum absolute atomic E-state index is 9.79. The fraction of sp³-hybridized carbons (Fsp3) is 0.500. The second-order valence-corrected chi connectivity index (χ2v) is 3.93. The number of piperidine rings is 1. The number of rotatable bonds is 2. The average molecular weight is 244 g/mol. The van der Waals surface area contributed by atoms with E-state index in [4.69, 9.17) is 4.74 Å². The molecule has 0 saturated carbocycles. The highest BCUT2D eigenvalue weighted by Gasteiger charge is 2.18. The standard InChI is InChI=1S/C12H17NO2.ClH/c1-15-9-5-6-12(14)10(8-9)11-4-2-3-7-13-11;/h5-6,8,11,13-14H,2-4,7H2,1H3;1H/t11-;/m1./s1. The van der Waals surface area contributed by atoms with Crippen LogP contribution in [0.2, 0.25) is 0 Å². The van der Waals surface area contributed by atoms with Gasteiger partial charge >= 0.3 is 0 Å². The Balaban J connectivity index is 0.00000128. The van der Waals surface area contributed by atoms with Gasteiger partial charge in [-0.3, -0.25) is 0 Å². The third kappa shape index (κ3) is 2.80. The monoisotopic (exact) mass is 243 g/mol. The molecule has 3 nitrogen and oxygen atoms in total. The number of nitrogens with one attached hydrogen (secondary N) is 1. The highest BCUT2D eigenvalue weighted by molar-refractivity contribution is 5.85. The minimum atomic E-state index is 0. The van der Waals surface area contributed by atoms with Crippen molar-refractivity contribution in [3.63, 3.8) is 0 Å². The van der Waals surface area contributed by atoms with E-state index in [-0.39, 0.29) is 18.4 Å². The molecule has 0 unspecified atom stereocenters. The lowest BCUT2D eigenvalue weighted by molar-refractivity contribution is 0.382. The lowest BCUT2D eigenvalue weighted by Gasteiger charge is -2.24. The van der Waals surface area contributed by atoms with Crippen LogP contribution in [0.25, 0.3) is 0 Å². The van der Waals surface area contributed by atoms with Crippen molar-refractivity contribution in [2.45, 2.75) is 25.3 Å². The summed E-state index contributed by atoms with van der Waals surface area (Å²) in [4.78, 5) is 0. The molecular formula is C12H18ClNO2. The van der Waals surface area contributed by atoms with Crippen LogP contribution in [0, 0.1) is 0 Å². The van der Waals surface area contributed by atoms with Crippen LogP contribution in [0.15, 0.2) is 18.2 Å². The van der Waals surface area contributed by atoms with E-state index in [0.717, 1.165) is 24.3 Å². The minimum Gasteiger partial charge on any atom is -0.508 e. The fourth-order valence-electron chi connectivity index (χ4n) is 2.06. The highest BCUT2D eigenvalue weighted by atomic mass is 35.5. The van der Waals surface area contributed by atoms with Crippen molar-refractivity contribution in [2.24, 2.45) is 0 Å². The van der Waals surface area contributed by atoms with Gasteiger partial charge in [-0.05, 0) is 37.6 Å². The Morgan fingerprint density at radius 2 is 2.19 bits per heavy atom. The van der Waals surface area contributed by atoms with Gasteiger partial charge in [0, 0.05) is 11.6 Å². The lowest BCUT2D eigenvalue weighted by atomic mass is 9.96. The Labute approximate surface area is 102 Å². The maximum atomic E-state index is 9.79. The van der Waals surface area contributed by atoms with Crippen molar-refractivity contribution >= 4 is 12.4 Å². The summed E-state index contributed by atoms with van der Waals surface area (Å²) in [6, 6.07) is 5.67. The molecule has 1 aromatic carbocycles. The summed E-state index contributed by atoms with van der Waals surface area (Å²) < 4.78 is 5.16. The van der Waals surface area contributed by atoms with Gasteiger partial charge in [0.2, 0.25) is 0 Å². The first-order valence-electron chi connectivity index (χ1n) is 5.41. The molecule has 0 aliphatic carbocycles. The van der Waals surface area contributed by atoms with Crippen molar-refractivity contribution in [3.05, 3.63) is 23.8 Å². The summed E-state index contributed by atoms with van der Waals surface area (Å²) in [6.07, 6.45) is 3.52. The normalized spacial score (nSPS) is 19.9. The molecule has 1 fully saturated rings. The topological polar surface area (TPSA) is 41.5 Å². The van der Waals surface area contributed by atoms with E-state index in [1.807, 2.05) is 6.07 Å². The van der Waals surface area contributed by atoms with Crippen LogP contribution in [0.5, 0.6) is 11.5 Å². The Morgan fingerprint density at radius 1 is 1.38 bits per heavy atom. The van der Waals surface area contributed by atoms with Crippen molar-refractivity contribution < 1.29 is 9.84 Å². The molecule has 1 atom stereocenters. The molecule has 90 valence electrons. The van der Waals surface area contributed by atoms with Gasteiger partial charge in [0.1, 0.15) is 11.5 Å². The SMILES string of the molecule is COc1ccc(O)c([C@H]2CCCCN2)c1.Cl. The minimum absolute atomic E-state index is 0. The molecule has 0 spiro atoms. The van der Waals surface area contributed by atoms with Crippen LogP contribution < -0.4 is 10.1 Å². The first-order chi connectivity index (χ1) is 7.31. The van der Waals surface area contributed by atoms with Crippen LogP contribution in [-0.2, 0) is 0 Å². The molecule has 2 rings (SSSR count). The van der Waals surface area contributed by atoms with Gasteiger partial charge in [0.15, 0.2) is 0 Å². The molecule has 1 aliphatic rings. The van der Waals surface area contributed by atoms with Crippen molar-refractivity contribution in [3.8, 4) is 11.5 Å². The van der Waals surface area contributed by atoms with Gasteiger partial charge in [0.25, 0.3) is 0 Å². The van der Waals surface area contributed by atoms with Crippen LogP contribution in [0.1, 0.15) is 30.9 Å². The van der Waals surface area contributed by atoms with Gasteiger partial charge in [0.05, 0.1) is 7.11 Å². The molecule has 4 heteroatoms. The average Bonchev–Trinajstić information content (AvgIpc) is 2.31. The number of halogens is 1. The Morgan fingerprint density at radius 3 is 2.81 bits per heavy atom. The predicted octanol–water partition coefficient (Wildman–Crippen LogP) is 2.64. The van der Waals surface area contributed by atoms with E-state index in [2.05, 4.69) is 5.32 Å². The summed E-state index contributed by atoms with van der Waals surface area (Å²) in [5, 5.41) is 13.2. The van der Waals surface area contributed by atoms with Gasteiger partial charge in [-0.15, -0.1) is 12.4 Å². The Kier molecular flexibility index (Phi) is 4.90. The molecular weight excluding hydrogens is 226 g/mol. The van der Waals surface area contributed by atoms with Gasteiger partial charge in [-0.2, -0.15) is 0 Å². The lowest BCUT2D eigenvalue weighted by Crippen LogP contribution is -2.26. The number of hydrogen-bond donors (Lipinski definition) is 2. The number of benzene rings is 1. The summed E-state index contributed by atoms with van der Waals surface area (Å²) in [5.41, 5.74) is 0.953. The summed E-state index contributed by atoms with van der Waals surface area (Å²) in [5.74, 6) is 1.16. The van der Waals surface area contributed by atoms with Crippen LogP contribution in [0.4, 0.5) is 0 Å². The third-order valence-corrected chi connectivity index (χ3v) is 2.92. The number of aromatic hydroxyl groups is 1. The third-order valence-electron chi connectivity index (χ3n) is 2.92. The smallest absolute Gasteiger partial charge is 0.120 e. The van der Waals surface area contributed by atoms with E-state index in [9.17, 15) is 5.11 Å². The first kappa shape index (κ1) is 13.1. The van der Waals surface area contributed by atoms with E-state index in [1.165, 1.54) is 12.8 Å². The van der Waals surface area contributed by atoms with Crippen LogP contribution >= 0.6 is 12.4 Å². The summed E-state index contributed by atoms with van der Waals surface area (Å²) >= 11 is 0. The summed E-state index contributed by atoms with van der Waals surface area (Å²) in [6.45, 7) is 1.03. The molecule has 16 heavy (non-hydrogen) atoms. The number of methoxy groups -OCH3 is 1. The molecule has 1 aliphatic heterocycles. The first-order valence-corrected chi connectivity index (χ1v) is 5.41. The predicted molar refractivity (Wildman–Crippen MR) is 66.5 cm³/mol. The largest absolute Gasteiger partial charge is 0.508 e. The van der Waals surface area contributed by atoms with Crippen LogP contribution in [0.3, 0.4) is 0 Å². The molecule has 2 N–H and O–H groups in total. The number of hydrogen-bond acceptors (Lipinski definition) is 3. The van der Waals surface area contributed by atoms with E-state index in [0.29, 0.717) is 5.75 Å². The molecule has 1 heterocycles. The van der Waals surface area contributed by atoms with Crippen LogP contribution in [-0.4, -0.2) is 18.8 Å². The second kappa shape index (κ2) is 5.97. The maximum Gasteiger partial charge on any atom is 0.120 e. The number of phenolic OH excluding ortho intramolecular Hbond substituents is 1. The number of phenols is 1. The van der Waals surface area contributed by atoms with Gasteiger partial charge < -0.3 is 15.2 Å². The molecule has 1 aromatic rings. The molecule has 0 aromatic heterocycles. The zero-order valence-corrected chi connectivity index (χ0v) is 10.2. The Hall–Kier alpha value is -0.930. The fourth-order valence-corrected chi connectivity index (χ4v) is 2.06. The van der Waals surface area contributed by atoms with Crippen molar-refractivity contribution in [1.29, 1.82) is 0 Å². The highest BCUT2D eigenvalue weighted by Crippen LogP contribution is 2.32. The van der Waals surface area contributed by atoms with Crippen molar-refractivity contribution in [2.75, 3.05) is 13.7 Å². The molecule has 0 amide bonds. The number of ether oxygens (including phenoxy) is 1. The summed E-state index contributed by atoms with van der Waals surface area (Å²) in [7, 11) is 1.64. The Bertz CT molecular complexity index is 338.